The van der Waals surface area contributed by atoms with Gasteiger partial charge in [0, 0.05) is 25.7 Å². The summed E-state index contributed by atoms with van der Waals surface area (Å²) in [5.41, 5.74) is 4.18. The van der Waals surface area contributed by atoms with E-state index in [-0.39, 0.29) is 11.7 Å². The summed E-state index contributed by atoms with van der Waals surface area (Å²) in [5, 5.41) is 0. The van der Waals surface area contributed by atoms with E-state index in [2.05, 4.69) is 35.0 Å². The Hall–Kier alpha value is -2.23. The first-order valence-corrected chi connectivity index (χ1v) is 8.92. The summed E-state index contributed by atoms with van der Waals surface area (Å²) < 4.78 is 0. The standard InChI is InChI=1S/C20H23N3O/c1-14-7-3-4-8-16(14)15-11-18-17(19(24)12-15)13-21-20(22-18)23-9-5-2-6-10-23/h3-4,7-8,13,15H,2,5-6,9-12H2,1H3. The molecule has 0 amide bonds. The van der Waals surface area contributed by atoms with Gasteiger partial charge in [0.25, 0.3) is 0 Å². The van der Waals surface area contributed by atoms with E-state index in [0.717, 1.165) is 36.7 Å². The molecule has 0 N–H and O–H groups in total. The van der Waals surface area contributed by atoms with Gasteiger partial charge in [-0.25, -0.2) is 9.97 Å². The van der Waals surface area contributed by atoms with Gasteiger partial charge in [0.2, 0.25) is 5.95 Å². The van der Waals surface area contributed by atoms with Crippen molar-refractivity contribution in [2.45, 2.75) is 44.9 Å². The fraction of sp³-hybridized carbons (Fsp3) is 0.450. The van der Waals surface area contributed by atoms with E-state index in [9.17, 15) is 4.79 Å². The highest BCUT2D eigenvalue weighted by atomic mass is 16.1. The number of ketones is 1. The zero-order chi connectivity index (χ0) is 16.5. The molecular weight excluding hydrogens is 298 g/mol. The molecule has 124 valence electrons. The number of aromatic nitrogens is 2. The van der Waals surface area contributed by atoms with Crippen molar-refractivity contribution in [2.75, 3.05) is 18.0 Å². The summed E-state index contributed by atoms with van der Waals surface area (Å²) in [6.07, 6.45) is 6.83. The van der Waals surface area contributed by atoms with E-state index in [1.54, 1.807) is 6.20 Å². The van der Waals surface area contributed by atoms with Gasteiger partial charge in [0.05, 0.1) is 11.3 Å². The van der Waals surface area contributed by atoms with Crippen LogP contribution in [0.25, 0.3) is 0 Å². The van der Waals surface area contributed by atoms with Crippen molar-refractivity contribution in [2.24, 2.45) is 0 Å². The maximum atomic E-state index is 12.6. The van der Waals surface area contributed by atoms with Crippen molar-refractivity contribution >= 4 is 11.7 Å². The van der Waals surface area contributed by atoms with Crippen LogP contribution < -0.4 is 4.90 Å². The molecule has 4 nitrogen and oxygen atoms in total. The lowest BCUT2D eigenvalue weighted by Crippen LogP contribution is -2.32. The van der Waals surface area contributed by atoms with Crippen LogP contribution in [0.3, 0.4) is 0 Å². The number of piperidine rings is 1. The Balaban J connectivity index is 1.65. The van der Waals surface area contributed by atoms with Gasteiger partial charge in [-0.3, -0.25) is 4.79 Å². The highest BCUT2D eigenvalue weighted by molar-refractivity contribution is 5.98. The molecule has 0 spiro atoms. The smallest absolute Gasteiger partial charge is 0.225 e. The minimum atomic E-state index is 0.176. The molecule has 0 saturated carbocycles. The Morgan fingerprint density at radius 2 is 1.88 bits per heavy atom. The number of nitrogens with zero attached hydrogens (tertiary/aromatic N) is 3. The van der Waals surface area contributed by atoms with Gasteiger partial charge in [-0.1, -0.05) is 24.3 Å². The maximum absolute atomic E-state index is 12.6. The fourth-order valence-electron chi connectivity index (χ4n) is 3.95. The molecule has 2 heterocycles. The van der Waals surface area contributed by atoms with Crippen LogP contribution in [-0.2, 0) is 6.42 Å². The minimum Gasteiger partial charge on any atom is -0.341 e. The SMILES string of the molecule is Cc1ccccc1C1CC(=O)c2cnc(N3CCCCC3)nc2C1. The van der Waals surface area contributed by atoms with Crippen LogP contribution in [0.15, 0.2) is 30.5 Å². The number of rotatable bonds is 2. The monoisotopic (exact) mass is 321 g/mol. The van der Waals surface area contributed by atoms with E-state index < -0.39 is 0 Å². The summed E-state index contributed by atoms with van der Waals surface area (Å²) in [6.45, 7) is 4.16. The van der Waals surface area contributed by atoms with Crippen molar-refractivity contribution in [3.63, 3.8) is 0 Å². The molecule has 1 fully saturated rings. The molecule has 0 radical (unpaired) electrons. The molecule has 2 aromatic rings. The maximum Gasteiger partial charge on any atom is 0.225 e. The lowest BCUT2D eigenvalue weighted by atomic mass is 9.81. The van der Waals surface area contributed by atoms with Crippen LogP contribution in [0.4, 0.5) is 5.95 Å². The molecule has 1 aliphatic carbocycles. The second-order valence-corrected chi connectivity index (χ2v) is 6.96. The third-order valence-electron chi connectivity index (χ3n) is 5.29. The molecule has 1 saturated heterocycles. The highest BCUT2D eigenvalue weighted by Gasteiger charge is 2.29. The molecule has 0 bridgehead atoms. The van der Waals surface area contributed by atoms with E-state index in [1.165, 1.54) is 30.4 Å². The van der Waals surface area contributed by atoms with Crippen LogP contribution >= 0.6 is 0 Å². The third-order valence-corrected chi connectivity index (χ3v) is 5.29. The number of Topliss-reactive ketones (excluding diaryl/α,β-unsaturated/α-hetero) is 1. The van der Waals surface area contributed by atoms with E-state index >= 15 is 0 Å². The molecule has 2 aliphatic rings. The molecule has 1 aromatic carbocycles. The van der Waals surface area contributed by atoms with Crippen LogP contribution in [0.1, 0.15) is 58.8 Å². The van der Waals surface area contributed by atoms with Gasteiger partial charge < -0.3 is 4.90 Å². The predicted molar refractivity (Wildman–Crippen MR) is 94.7 cm³/mol. The first kappa shape index (κ1) is 15.3. The normalized spacial score (nSPS) is 20.8. The average molecular weight is 321 g/mol. The number of aryl methyl sites for hydroxylation is 1. The number of anilines is 1. The van der Waals surface area contributed by atoms with Gasteiger partial charge in [-0.05, 0) is 49.7 Å². The Kier molecular flexibility index (Phi) is 4.05. The number of hydrogen-bond donors (Lipinski definition) is 0. The molecule has 1 aliphatic heterocycles. The molecule has 1 atom stereocenters. The van der Waals surface area contributed by atoms with Crippen molar-refractivity contribution in [1.82, 2.24) is 9.97 Å². The van der Waals surface area contributed by atoms with Gasteiger partial charge >= 0.3 is 0 Å². The summed E-state index contributed by atoms with van der Waals surface area (Å²) in [7, 11) is 0. The number of benzene rings is 1. The zero-order valence-electron chi connectivity index (χ0n) is 14.2. The van der Waals surface area contributed by atoms with Gasteiger partial charge in [-0.2, -0.15) is 0 Å². The third kappa shape index (κ3) is 2.81. The summed E-state index contributed by atoms with van der Waals surface area (Å²) >= 11 is 0. The zero-order valence-corrected chi connectivity index (χ0v) is 14.2. The Bertz CT molecular complexity index is 765. The van der Waals surface area contributed by atoms with Crippen molar-refractivity contribution in [1.29, 1.82) is 0 Å². The first-order chi connectivity index (χ1) is 11.7. The summed E-state index contributed by atoms with van der Waals surface area (Å²) in [6, 6.07) is 8.37. The quantitative estimate of drug-likeness (QED) is 0.846. The molecule has 1 unspecified atom stereocenters. The summed E-state index contributed by atoms with van der Waals surface area (Å²) in [4.78, 5) is 24.1. The fourth-order valence-corrected chi connectivity index (χ4v) is 3.95. The molecule has 1 aromatic heterocycles. The molecule has 24 heavy (non-hydrogen) atoms. The second kappa shape index (κ2) is 6.34. The van der Waals surface area contributed by atoms with E-state index in [1.807, 2.05) is 6.07 Å². The molecular formula is C20H23N3O. The van der Waals surface area contributed by atoms with Crippen LogP contribution in [0.5, 0.6) is 0 Å². The topological polar surface area (TPSA) is 46.1 Å². The highest BCUT2D eigenvalue weighted by Crippen LogP contribution is 2.33. The lowest BCUT2D eigenvalue weighted by molar-refractivity contribution is 0.0962. The van der Waals surface area contributed by atoms with Crippen LogP contribution in [0, 0.1) is 6.92 Å². The predicted octanol–water partition coefficient (Wildman–Crippen LogP) is 3.69. The lowest BCUT2D eigenvalue weighted by Gasteiger charge is -2.29. The van der Waals surface area contributed by atoms with E-state index in [4.69, 9.17) is 4.98 Å². The second-order valence-electron chi connectivity index (χ2n) is 6.96. The largest absolute Gasteiger partial charge is 0.341 e. The summed E-state index contributed by atoms with van der Waals surface area (Å²) in [5.74, 6) is 1.21. The first-order valence-electron chi connectivity index (χ1n) is 8.92. The Morgan fingerprint density at radius 3 is 2.67 bits per heavy atom. The number of fused-ring (bicyclic) bond motifs is 1. The van der Waals surface area contributed by atoms with Gasteiger partial charge in [0.1, 0.15) is 0 Å². The van der Waals surface area contributed by atoms with Crippen LogP contribution in [0.2, 0.25) is 0 Å². The number of carbonyl (C=O) groups excluding carboxylic acids is 1. The number of hydrogen-bond acceptors (Lipinski definition) is 4. The van der Waals surface area contributed by atoms with Crippen molar-refractivity contribution < 1.29 is 4.79 Å². The van der Waals surface area contributed by atoms with Crippen molar-refractivity contribution in [3.05, 3.63) is 52.8 Å². The minimum absolute atomic E-state index is 0.176. The molecule has 4 rings (SSSR count). The van der Waals surface area contributed by atoms with E-state index in [0.29, 0.717) is 6.42 Å². The Labute approximate surface area is 142 Å². The average Bonchev–Trinajstić information content (AvgIpc) is 2.62. The Morgan fingerprint density at radius 1 is 1.08 bits per heavy atom. The molecule has 4 heteroatoms. The van der Waals surface area contributed by atoms with Gasteiger partial charge in [0.15, 0.2) is 5.78 Å². The van der Waals surface area contributed by atoms with Gasteiger partial charge in [-0.15, -0.1) is 0 Å². The number of carbonyl (C=O) groups is 1. The van der Waals surface area contributed by atoms with Crippen LogP contribution in [-0.4, -0.2) is 28.8 Å². The van der Waals surface area contributed by atoms with Crippen molar-refractivity contribution in [3.8, 4) is 0 Å².